The number of nitrogens with zero attached hydrogens (tertiary/aromatic N) is 3. The molecule has 0 saturated heterocycles. The van der Waals surface area contributed by atoms with Gasteiger partial charge in [-0.25, -0.2) is 9.97 Å². The van der Waals surface area contributed by atoms with Gasteiger partial charge in [0.15, 0.2) is 4.34 Å². The van der Waals surface area contributed by atoms with Crippen molar-refractivity contribution in [1.82, 2.24) is 14.3 Å². The number of anilines is 1. The lowest BCUT2D eigenvalue weighted by molar-refractivity contribution is -0.141. The van der Waals surface area contributed by atoms with E-state index in [4.69, 9.17) is 5.73 Å². The maximum absolute atomic E-state index is 12.6. The van der Waals surface area contributed by atoms with Gasteiger partial charge in [-0.3, -0.25) is 0 Å². The Balaban J connectivity index is 2.28. The quantitative estimate of drug-likeness (QED) is 0.943. The summed E-state index contributed by atoms with van der Waals surface area (Å²) in [5.74, 6) is 0.663. The maximum atomic E-state index is 12.6. The highest BCUT2D eigenvalue weighted by Gasteiger charge is 2.33. The van der Waals surface area contributed by atoms with Crippen LogP contribution in [0.15, 0.2) is 21.5 Å². The zero-order valence-corrected chi connectivity index (χ0v) is 11.4. The summed E-state index contributed by atoms with van der Waals surface area (Å²) in [7, 11) is 0. The van der Waals surface area contributed by atoms with Crippen LogP contribution in [0.25, 0.3) is 0 Å². The third-order valence-electron chi connectivity index (χ3n) is 2.15. The van der Waals surface area contributed by atoms with Crippen LogP contribution in [0.1, 0.15) is 18.4 Å². The van der Waals surface area contributed by atoms with E-state index in [9.17, 15) is 13.2 Å². The van der Waals surface area contributed by atoms with Gasteiger partial charge in [0.05, 0.1) is 11.9 Å². The van der Waals surface area contributed by atoms with E-state index in [1.165, 1.54) is 0 Å². The second kappa shape index (κ2) is 5.33. The zero-order chi connectivity index (χ0) is 14.0. The lowest BCUT2D eigenvalue weighted by Crippen LogP contribution is -2.08. The number of aromatic nitrogens is 3. The van der Waals surface area contributed by atoms with Crippen LogP contribution >= 0.6 is 23.3 Å². The summed E-state index contributed by atoms with van der Waals surface area (Å²) in [6.07, 6.45) is -2.80. The number of alkyl halides is 3. The maximum Gasteiger partial charge on any atom is 0.433 e. The molecule has 102 valence electrons. The second-order valence-electron chi connectivity index (χ2n) is 3.54. The van der Waals surface area contributed by atoms with Crippen molar-refractivity contribution in [2.45, 2.75) is 28.8 Å². The minimum Gasteiger partial charge on any atom is -0.397 e. The molecular formula is C10H9F3N4S2. The Kier molecular flexibility index (Phi) is 3.95. The summed E-state index contributed by atoms with van der Waals surface area (Å²) in [6.45, 7) is 1.90. The molecular weight excluding hydrogens is 297 g/mol. The molecule has 0 atom stereocenters. The highest BCUT2D eigenvalue weighted by atomic mass is 32.2. The highest BCUT2D eigenvalue weighted by Crippen LogP contribution is 2.36. The lowest BCUT2D eigenvalue weighted by atomic mass is 10.3. The molecule has 4 nitrogen and oxygen atoms in total. The first-order chi connectivity index (χ1) is 8.90. The van der Waals surface area contributed by atoms with Crippen molar-refractivity contribution >= 4 is 29.0 Å². The van der Waals surface area contributed by atoms with E-state index >= 15 is 0 Å². The molecule has 0 amide bonds. The van der Waals surface area contributed by atoms with Crippen molar-refractivity contribution in [3.8, 4) is 0 Å². The topological polar surface area (TPSA) is 64.7 Å². The molecule has 19 heavy (non-hydrogen) atoms. The van der Waals surface area contributed by atoms with Crippen molar-refractivity contribution < 1.29 is 13.2 Å². The van der Waals surface area contributed by atoms with Crippen LogP contribution in [0.2, 0.25) is 0 Å². The van der Waals surface area contributed by atoms with Gasteiger partial charge >= 0.3 is 6.18 Å². The van der Waals surface area contributed by atoms with Gasteiger partial charge in [-0.15, -0.1) is 0 Å². The van der Waals surface area contributed by atoms with Crippen LogP contribution in [-0.4, -0.2) is 14.3 Å². The van der Waals surface area contributed by atoms with Crippen LogP contribution < -0.4 is 5.73 Å². The number of halogens is 3. The molecule has 9 heteroatoms. The van der Waals surface area contributed by atoms with Crippen LogP contribution in [0.4, 0.5) is 18.9 Å². The minimum absolute atomic E-state index is 0.186. The van der Waals surface area contributed by atoms with Gasteiger partial charge in [-0.1, -0.05) is 18.7 Å². The molecule has 0 saturated carbocycles. The predicted octanol–water partition coefficient (Wildman–Crippen LogP) is 3.25. The molecule has 2 aromatic heterocycles. The molecule has 0 aliphatic carbocycles. The average Bonchev–Trinajstić information content (AvgIpc) is 2.78. The fraction of sp³-hybridized carbons (Fsp3) is 0.300. The molecule has 2 heterocycles. The van der Waals surface area contributed by atoms with Gasteiger partial charge in [0, 0.05) is 11.3 Å². The average molecular weight is 306 g/mol. The van der Waals surface area contributed by atoms with E-state index in [0.29, 0.717) is 16.6 Å². The van der Waals surface area contributed by atoms with E-state index in [-0.39, 0.29) is 10.6 Å². The molecule has 2 rings (SSSR count). The van der Waals surface area contributed by atoms with Crippen LogP contribution in [-0.2, 0) is 12.6 Å². The highest BCUT2D eigenvalue weighted by molar-refractivity contribution is 8.01. The van der Waals surface area contributed by atoms with Crippen molar-refractivity contribution in [3.63, 3.8) is 0 Å². The van der Waals surface area contributed by atoms with Crippen LogP contribution in [0.3, 0.4) is 0 Å². The number of hydrogen-bond donors (Lipinski definition) is 1. The monoisotopic (exact) mass is 306 g/mol. The van der Waals surface area contributed by atoms with Crippen molar-refractivity contribution in [2.75, 3.05) is 5.73 Å². The first-order valence-electron chi connectivity index (χ1n) is 5.23. The predicted molar refractivity (Wildman–Crippen MR) is 67.1 cm³/mol. The summed E-state index contributed by atoms with van der Waals surface area (Å²) in [5.41, 5.74) is 4.84. The Hall–Kier alpha value is -1.35. The van der Waals surface area contributed by atoms with E-state index in [2.05, 4.69) is 14.3 Å². The molecule has 0 aliphatic rings. The first-order valence-corrected chi connectivity index (χ1v) is 6.82. The standard InChI is InChI=1S/C10H9F3N4S2/c1-2-8-16-9(19-17-8)18-6-3-7(10(11,12)13)15-4-5(6)14/h3-4H,2,14H2,1H3. The molecule has 0 radical (unpaired) electrons. The fourth-order valence-corrected chi connectivity index (χ4v) is 2.92. The summed E-state index contributed by atoms with van der Waals surface area (Å²) in [4.78, 5) is 7.73. The van der Waals surface area contributed by atoms with Crippen molar-refractivity contribution in [1.29, 1.82) is 0 Å². The van der Waals surface area contributed by atoms with Crippen LogP contribution in [0, 0.1) is 0 Å². The number of hydrogen-bond acceptors (Lipinski definition) is 6. The number of nitrogen functional groups attached to an aromatic ring is 1. The molecule has 0 fully saturated rings. The van der Waals surface area contributed by atoms with Gasteiger partial charge in [0.25, 0.3) is 0 Å². The molecule has 0 aromatic carbocycles. The van der Waals surface area contributed by atoms with Gasteiger partial charge in [0.2, 0.25) is 0 Å². The van der Waals surface area contributed by atoms with Crippen molar-refractivity contribution in [3.05, 3.63) is 23.8 Å². The van der Waals surface area contributed by atoms with Crippen LogP contribution in [0.5, 0.6) is 0 Å². The third-order valence-corrected chi connectivity index (χ3v) is 4.01. The SMILES string of the molecule is CCc1nsc(Sc2cc(C(F)(F)F)ncc2N)n1. The molecule has 0 unspecified atom stereocenters. The van der Waals surface area contributed by atoms with E-state index < -0.39 is 11.9 Å². The van der Waals surface area contributed by atoms with Gasteiger partial charge in [0.1, 0.15) is 11.5 Å². The summed E-state index contributed by atoms with van der Waals surface area (Å²) in [6, 6.07) is 0.924. The number of aryl methyl sites for hydroxylation is 1. The number of nitrogens with two attached hydrogens (primary N) is 1. The molecule has 0 bridgehead atoms. The fourth-order valence-electron chi connectivity index (χ4n) is 1.21. The van der Waals surface area contributed by atoms with Gasteiger partial charge in [-0.05, 0) is 17.6 Å². The first kappa shape index (κ1) is 14.1. The lowest BCUT2D eigenvalue weighted by Gasteiger charge is -2.08. The number of pyridine rings is 1. The van der Waals surface area contributed by atoms with E-state index in [1.54, 1.807) is 0 Å². The Morgan fingerprint density at radius 2 is 2.16 bits per heavy atom. The zero-order valence-electron chi connectivity index (χ0n) is 9.73. The summed E-state index contributed by atoms with van der Waals surface area (Å²) >= 11 is 2.20. The Morgan fingerprint density at radius 1 is 1.42 bits per heavy atom. The van der Waals surface area contributed by atoms with E-state index in [0.717, 1.165) is 35.6 Å². The summed E-state index contributed by atoms with van der Waals surface area (Å²) in [5, 5.41) is 0. The van der Waals surface area contributed by atoms with Gasteiger partial charge in [-0.2, -0.15) is 17.5 Å². The largest absolute Gasteiger partial charge is 0.433 e. The van der Waals surface area contributed by atoms with Gasteiger partial charge < -0.3 is 5.73 Å². The molecule has 2 aromatic rings. The van der Waals surface area contributed by atoms with Crippen molar-refractivity contribution in [2.24, 2.45) is 0 Å². The Bertz CT molecular complexity index is 582. The second-order valence-corrected chi connectivity index (χ2v) is 5.58. The number of rotatable bonds is 3. The Morgan fingerprint density at radius 3 is 2.74 bits per heavy atom. The van der Waals surface area contributed by atoms with E-state index in [1.807, 2.05) is 6.92 Å². The Labute approximate surface area is 115 Å². The smallest absolute Gasteiger partial charge is 0.397 e. The minimum atomic E-state index is -4.49. The normalized spacial score (nSPS) is 11.8. The summed E-state index contributed by atoms with van der Waals surface area (Å²) < 4.78 is 42.3. The molecule has 0 aliphatic heterocycles. The third kappa shape index (κ3) is 3.35. The molecule has 0 spiro atoms. The molecule has 2 N–H and O–H groups in total.